The van der Waals surface area contributed by atoms with Gasteiger partial charge < -0.3 is 4.74 Å². The Morgan fingerprint density at radius 3 is 2.71 bits per heavy atom. The predicted molar refractivity (Wildman–Crippen MR) is 63.6 cm³/mol. The summed E-state index contributed by atoms with van der Waals surface area (Å²) in [6.45, 7) is 0.572. The first-order valence-electron chi connectivity index (χ1n) is 5.95. The molecular formula is C14H15NO2. The van der Waals surface area contributed by atoms with Crippen LogP contribution in [0.5, 0.6) is 5.75 Å². The molecule has 0 heterocycles. The highest BCUT2D eigenvalue weighted by Gasteiger charge is 2.23. The SMILES string of the molecule is N#Cc1ccc(OCCC2CCCC2=O)cc1. The average molecular weight is 229 g/mol. The Bertz CT molecular complexity index is 431. The van der Waals surface area contributed by atoms with Crippen LogP contribution in [-0.2, 0) is 4.79 Å². The third kappa shape index (κ3) is 3.07. The Labute approximate surface area is 101 Å². The van der Waals surface area contributed by atoms with E-state index in [0.717, 1.165) is 31.4 Å². The summed E-state index contributed by atoms with van der Waals surface area (Å²) in [5.41, 5.74) is 0.628. The van der Waals surface area contributed by atoms with Crippen molar-refractivity contribution in [1.29, 1.82) is 5.26 Å². The van der Waals surface area contributed by atoms with Crippen LogP contribution in [0.15, 0.2) is 24.3 Å². The van der Waals surface area contributed by atoms with Gasteiger partial charge in [0, 0.05) is 12.3 Å². The quantitative estimate of drug-likeness (QED) is 0.797. The van der Waals surface area contributed by atoms with Crippen molar-refractivity contribution >= 4 is 5.78 Å². The van der Waals surface area contributed by atoms with E-state index < -0.39 is 0 Å². The van der Waals surface area contributed by atoms with Crippen LogP contribution in [0.1, 0.15) is 31.2 Å². The number of hydrogen-bond donors (Lipinski definition) is 0. The summed E-state index contributed by atoms with van der Waals surface area (Å²) in [7, 11) is 0. The first-order chi connectivity index (χ1) is 8.29. The van der Waals surface area contributed by atoms with Crippen molar-refractivity contribution in [1.82, 2.24) is 0 Å². The molecule has 1 aromatic rings. The Morgan fingerprint density at radius 2 is 2.12 bits per heavy atom. The highest BCUT2D eigenvalue weighted by molar-refractivity contribution is 5.82. The number of ether oxygens (including phenoxy) is 1. The third-order valence-electron chi connectivity index (χ3n) is 3.15. The fraction of sp³-hybridized carbons (Fsp3) is 0.429. The molecule has 1 aromatic carbocycles. The van der Waals surface area contributed by atoms with E-state index in [2.05, 4.69) is 6.07 Å². The molecule has 0 aliphatic heterocycles. The van der Waals surface area contributed by atoms with Gasteiger partial charge in [0.2, 0.25) is 0 Å². The van der Waals surface area contributed by atoms with Crippen molar-refractivity contribution < 1.29 is 9.53 Å². The molecule has 0 amide bonds. The van der Waals surface area contributed by atoms with Crippen molar-refractivity contribution in [3.05, 3.63) is 29.8 Å². The molecule has 0 aromatic heterocycles. The Balaban J connectivity index is 1.78. The molecule has 0 saturated heterocycles. The lowest BCUT2D eigenvalue weighted by Gasteiger charge is -2.09. The Kier molecular flexibility index (Phi) is 3.77. The first kappa shape index (κ1) is 11.7. The van der Waals surface area contributed by atoms with E-state index in [1.807, 2.05) is 0 Å². The van der Waals surface area contributed by atoms with Gasteiger partial charge in [-0.25, -0.2) is 0 Å². The number of ketones is 1. The van der Waals surface area contributed by atoms with Gasteiger partial charge in [0.1, 0.15) is 11.5 Å². The molecule has 0 radical (unpaired) electrons. The fourth-order valence-electron chi connectivity index (χ4n) is 2.14. The summed E-state index contributed by atoms with van der Waals surface area (Å²) in [4.78, 5) is 11.4. The topological polar surface area (TPSA) is 50.1 Å². The van der Waals surface area contributed by atoms with Crippen LogP contribution in [-0.4, -0.2) is 12.4 Å². The van der Waals surface area contributed by atoms with Crippen LogP contribution in [0.25, 0.3) is 0 Å². The van der Waals surface area contributed by atoms with Gasteiger partial charge in [-0.05, 0) is 43.5 Å². The Morgan fingerprint density at radius 1 is 1.35 bits per heavy atom. The predicted octanol–water partition coefficient (Wildman–Crippen LogP) is 2.70. The molecule has 1 aliphatic rings. The molecular weight excluding hydrogens is 214 g/mol. The van der Waals surface area contributed by atoms with Crippen molar-refractivity contribution in [2.75, 3.05) is 6.61 Å². The minimum absolute atomic E-state index is 0.202. The number of Topliss-reactive ketones (excluding diaryl/α,β-unsaturated/α-hetero) is 1. The lowest BCUT2D eigenvalue weighted by molar-refractivity contribution is -0.121. The number of nitriles is 1. The van der Waals surface area contributed by atoms with Crippen molar-refractivity contribution in [2.24, 2.45) is 5.92 Å². The molecule has 1 unspecified atom stereocenters. The molecule has 0 spiro atoms. The summed E-state index contributed by atoms with van der Waals surface area (Å²) in [6, 6.07) is 9.10. The monoisotopic (exact) mass is 229 g/mol. The normalized spacial score (nSPS) is 19.0. The minimum atomic E-state index is 0.202. The van der Waals surface area contributed by atoms with Crippen LogP contribution in [0.4, 0.5) is 0 Å². The zero-order chi connectivity index (χ0) is 12.1. The van der Waals surface area contributed by atoms with E-state index in [4.69, 9.17) is 10.00 Å². The molecule has 88 valence electrons. The number of benzene rings is 1. The lowest BCUT2D eigenvalue weighted by atomic mass is 10.0. The molecule has 1 aliphatic carbocycles. The van der Waals surface area contributed by atoms with Gasteiger partial charge in [-0.2, -0.15) is 5.26 Å². The molecule has 1 atom stereocenters. The highest BCUT2D eigenvalue weighted by Crippen LogP contribution is 2.24. The lowest BCUT2D eigenvalue weighted by Crippen LogP contribution is -2.11. The first-order valence-corrected chi connectivity index (χ1v) is 5.95. The molecule has 3 heteroatoms. The summed E-state index contributed by atoms with van der Waals surface area (Å²) in [6.07, 6.45) is 3.58. The maximum absolute atomic E-state index is 11.4. The molecule has 1 saturated carbocycles. The van der Waals surface area contributed by atoms with Crippen LogP contribution >= 0.6 is 0 Å². The van der Waals surface area contributed by atoms with Crippen LogP contribution in [0.2, 0.25) is 0 Å². The second-order valence-electron chi connectivity index (χ2n) is 4.33. The second kappa shape index (κ2) is 5.49. The maximum Gasteiger partial charge on any atom is 0.136 e. The van der Waals surface area contributed by atoms with Crippen LogP contribution in [0.3, 0.4) is 0 Å². The number of nitrogens with zero attached hydrogens (tertiary/aromatic N) is 1. The van der Waals surface area contributed by atoms with E-state index in [1.54, 1.807) is 24.3 Å². The van der Waals surface area contributed by atoms with Gasteiger partial charge in [-0.15, -0.1) is 0 Å². The van der Waals surface area contributed by atoms with Crippen LogP contribution < -0.4 is 4.74 Å². The highest BCUT2D eigenvalue weighted by atomic mass is 16.5. The van der Waals surface area contributed by atoms with E-state index in [1.165, 1.54) is 0 Å². The zero-order valence-corrected chi connectivity index (χ0v) is 9.69. The van der Waals surface area contributed by atoms with Crippen molar-refractivity contribution in [3.8, 4) is 11.8 Å². The Hall–Kier alpha value is -1.82. The number of hydrogen-bond acceptors (Lipinski definition) is 3. The largest absolute Gasteiger partial charge is 0.494 e. The molecule has 0 bridgehead atoms. The van der Waals surface area contributed by atoms with Gasteiger partial charge in [0.05, 0.1) is 18.2 Å². The summed E-state index contributed by atoms with van der Waals surface area (Å²) in [5.74, 6) is 1.34. The second-order valence-corrected chi connectivity index (χ2v) is 4.33. The van der Waals surface area contributed by atoms with E-state index >= 15 is 0 Å². The summed E-state index contributed by atoms with van der Waals surface area (Å²) >= 11 is 0. The van der Waals surface area contributed by atoms with Crippen LogP contribution in [0, 0.1) is 17.2 Å². The van der Waals surface area contributed by atoms with Gasteiger partial charge in [0.15, 0.2) is 0 Å². The maximum atomic E-state index is 11.4. The number of carbonyl (C=O) groups excluding carboxylic acids is 1. The van der Waals surface area contributed by atoms with E-state index in [9.17, 15) is 4.79 Å². The fourth-order valence-corrected chi connectivity index (χ4v) is 2.14. The van der Waals surface area contributed by atoms with Crippen molar-refractivity contribution in [3.63, 3.8) is 0 Å². The van der Waals surface area contributed by atoms with Gasteiger partial charge in [0.25, 0.3) is 0 Å². The molecule has 17 heavy (non-hydrogen) atoms. The molecule has 3 nitrogen and oxygen atoms in total. The zero-order valence-electron chi connectivity index (χ0n) is 9.69. The number of rotatable bonds is 4. The van der Waals surface area contributed by atoms with E-state index in [-0.39, 0.29) is 5.92 Å². The molecule has 2 rings (SSSR count). The molecule has 0 N–H and O–H groups in total. The van der Waals surface area contributed by atoms with Gasteiger partial charge >= 0.3 is 0 Å². The van der Waals surface area contributed by atoms with Crippen molar-refractivity contribution in [2.45, 2.75) is 25.7 Å². The minimum Gasteiger partial charge on any atom is -0.494 e. The summed E-state index contributed by atoms with van der Waals surface area (Å²) < 4.78 is 5.55. The smallest absolute Gasteiger partial charge is 0.136 e. The third-order valence-corrected chi connectivity index (χ3v) is 3.15. The van der Waals surface area contributed by atoms with Gasteiger partial charge in [-0.1, -0.05) is 0 Å². The van der Waals surface area contributed by atoms with Gasteiger partial charge in [-0.3, -0.25) is 4.79 Å². The van der Waals surface area contributed by atoms with E-state index in [0.29, 0.717) is 18.0 Å². The standard InChI is InChI=1S/C14H15NO2/c15-10-11-4-6-13(7-5-11)17-9-8-12-2-1-3-14(12)16/h4-7,12H,1-3,8-9H2. The summed E-state index contributed by atoms with van der Waals surface area (Å²) in [5, 5.41) is 8.65. The average Bonchev–Trinajstić information content (AvgIpc) is 2.76. The number of carbonyl (C=O) groups is 1. The molecule has 1 fully saturated rings.